The maximum absolute atomic E-state index is 12.5. The second kappa shape index (κ2) is 6.27. The number of sulfonamides is 1. The third-order valence-corrected chi connectivity index (χ3v) is 6.42. The zero-order chi connectivity index (χ0) is 16.4. The highest BCUT2D eigenvalue weighted by atomic mass is 32.2. The van der Waals surface area contributed by atoms with E-state index in [2.05, 4.69) is 4.72 Å². The Labute approximate surface area is 132 Å². The molecule has 0 atom stereocenters. The third-order valence-electron chi connectivity index (χ3n) is 3.96. The number of rotatable bonds is 6. The van der Waals surface area contributed by atoms with Crippen LogP contribution in [-0.4, -0.2) is 35.2 Å². The van der Waals surface area contributed by atoms with E-state index in [1.807, 2.05) is 0 Å². The van der Waals surface area contributed by atoms with E-state index < -0.39 is 25.4 Å². The molecule has 2 rings (SSSR count). The molecule has 0 bridgehead atoms. The highest BCUT2D eigenvalue weighted by Gasteiger charge is 2.36. The summed E-state index contributed by atoms with van der Waals surface area (Å²) in [7, 11) is -6.79. The van der Waals surface area contributed by atoms with Crippen molar-refractivity contribution in [1.82, 2.24) is 4.72 Å². The molecule has 6 nitrogen and oxygen atoms in total. The molecule has 1 aliphatic rings. The summed E-state index contributed by atoms with van der Waals surface area (Å²) in [5, 5.41) is 0. The summed E-state index contributed by atoms with van der Waals surface area (Å²) in [5.41, 5.74) is 5.77. The first-order chi connectivity index (χ1) is 10.2. The first kappa shape index (κ1) is 17.4. The first-order valence-electron chi connectivity index (χ1n) is 7.17. The van der Waals surface area contributed by atoms with Gasteiger partial charge in [-0.05, 0) is 30.5 Å². The summed E-state index contributed by atoms with van der Waals surface area (Å²) >= 11 is 0. The van der Waals surface area contributed by atoms with Crippen LogP contribution >= 0.6 is 0 Å². The van der Waals surface area contributed by atoms with Crippen LogP contribution in [0.1, 0.15) is 31.2 Å². The van der Waals surface area contributed by atoms with Gasteiger partial charge in [-0.1, -0.05) is 25.0 Å². The van der Waals surface area contributed by atoms with Crippen LogP contribution in [0.4, 0.5) is 0 Å². The topological polar surface area (TPSA) is 106 Å². The lowest BCUT2D eigenvalue weighted by atomic mass is 10.0. The van der Waals surface area contributed by atoms with E-state index in [4.69, 9.17) is 5.73 Å². The Morgan fingerprint density at radius 1 is 1.09 bits per heavy atom. The van der Waals surface area contributed by atoms with Gasteiger partial charge in [-0.3, -0.25) is 0 Å². The summed E-state index contributed by atoms with van der Waals surface area (Å²) in [4.78, 5) is 0.129. The van der Waals surface area contributed by atoms with Gasteiger partial charge in [0.05, 0.1) is 10.6 Å². The normalized spacial score (nSPS) is 18.5. The molecule has 1 fully saturated rings. The first-order valence-corrected chi connectivity index (χ1v) is 10.7. The van der Waals surface area contributed by atoms with E-state index in [9.17, 15) is 16.8 Å². The summed E-state index contributed by atoms with van der Waals surface area (Å²) in [6.45, 7) is 0.276. The minimum absolute atomic E-state index is 0.104. The van der Waals surface area contributed by atoms with Gasteiger partial charge in [-0.15, -0.1) is 0 Å². The van der Waals surface area contributed by atoms with Crippen LogP contribution < -0.4 is 10.5 Å². The Morgan fingerprint density at radius 3 is 2.09 bits per heavy atom. The van der Waals surface area contributed by atoms with E-state index in [-0.39, 0.29) is 17.2 Å². The molecule has 124 valence electrons. The predicted octanol–water partition coefficient (Wildman–Crippen LogP) is 0.781. The number of nitrogens with one attached hydrogen (secondary N) is 1. The molecular formula is C14H22N2O4S2. The Morgan fingerprint density at radius 2 is 1.64 bits per heavy atom. The molecule has 1 aromatic rings. The van der Waals surface area contributed by atoms with Crippen LogP contribution in [0.5, 0.6) is 0 Å². The van der Waals surface area contributed by atoms with Crippen molar-refractivity contribution in [3.63, 3.8) is 0 Å². The van der Waals surface area contributed by atoms with Gasteiger partial charge in [0.25, 0.3) is 0 Å². The van der Waals surface area contributed by atoms with Gasteiger partial charge in [-0.25, -0.2) is 21.6 Å². The molecule has 0 radical (unpaired) electrons. The molecule has 1 saturated carbocycles. The summed E-state index contributed by atoms with van der Waals surface area (Å²) in [6, 6.07) is 5.92. The fourth-order valence-electron chi connectivity index (χ4n) is 2.81. The Balaban J connectivity index is 2.19. The number of hydrogen-bond donors (Lipinski definition) is 2. The van der Waals surface area contributed by atoms with Gasteiger partial charge in [0, 0.05) is 18.3 Å². The zero-order valence-corrected chi connectivity index (χ0v) is 14.2. The number of hydrogen-bond acceptors (Lipinski definition) is 5. The minimum atomic E-state index is -3.65. The van der Waals surface area contributed by atoms with E-state index in [0.29, 0.717) is 5.56 Å². The fraction of sp³-hybridized carbons (Fsp3) is 0.571. The molecule has 0 aliphatic heterocycles. The van der Waals surface area contributed by atoms with Crippen LogP contribution in [0, 0.1) is 0 Å². The average molecular weight is 346 g/mol. The highest BCUT2D eigenvalue weighted by molar-refractivity contribution is 7.90. The molecular weight excluding hydrogens is 324 g/mol. The summed E-state index contributed by atoms with van der Waals surface area (Å²) in [6.07, 6.45) is 4.56. The Bertz CT molecular complexity index is 719. The van der Waals surface area contributed by atoms with Crippen LogP contribution in [0.15, 0.2) is 29.2 Å². The predicted molar refractivity (Wildman–Crippen MR) is 85.6 cm³/mol. The van der Waals surface area contributed by atoms with Crippen molar-refractivity contribution < 1.29 is 16.8 Å². The Hall–Kier alpha value is -0.960. The maximum atomic E-state index is 12.5. The molecule has 0 heterocycles. The van der Waals surface area contributed by atoms with Crippen molar-refractivity contribution in [2.75, 3.05) is 12.8 Å². The molecule has 0 unspecified atom stereocenters. The molecule has 0 spiro atoms. The smallest absolute Gasteiger partial charge is 0.241 e. The van der Waals surface area contributed by atoms with Gasteiger partial charge >= 0.3 is 0 Å². The van der Waals surface area contributed by atoms with E-state index in [0.717, 1.165) is 31.9 Å². The fourth-order valence-corrected chi connectivity index (χ4v) is 5.08. The third kappa shape index (κ3) is 4.28. The van der Waals surface area contributed by atoms with E-state index in [1.165, 1.54) is 24.3 Å². The molecule has 0 aromatic heterocycles. The molecule has 3 N–H and O–H groups in total. The minimum Gasteiger partial charge on any atom is -0.329 e. The number of sulfone groups is 1. The SMILES string of the molecule is CS(=O)(=O)Cc1ccc(S(=O)(=O)NC2(CN)CCCC2)cc1. The van der Waals surface area contributed by atoms with Crippen molar-refractivity contribution in [2.24, 2.45) is 5.73 Å². The standard InChI is InChI=1S/C14H22N2O4S2/c1-21(17,18)10-12-4-6-13(7-5-12)22(19,20)16-14(11-15)8-2-3-9-14/h4-7,16H,2-3,8-11,15H2,1H3. The lowest BCUT2D eigenvalue weighted by molar-refractivity contribution is 0.399. The van der Waals surface area contributed by atoms with Crippen molar-refractivity contribution >= 4 is 19.9 Å². The summed E-state index contributed by atoms with van der Waals surface area (Å²) in [5.74, 6) is -0.104. The van der Waals surface area contributed by atoms with Crippen LogP contribution in [0.25, 0.3) is 0 Å². The molecule has 0 saturated heterocycles. The van der Waals surface area contributed by atoms with Crippen molar-refractivity contribution in [3.8, 4) is 0 Å². The average Bonchev–Trinajstić information content (AvgIpc) is 2.86. The quantitative estimate of drug-likeness (QED) is 0.792. The lowest BCUT2D eigenvalue weighted by Crippen LogP contribution is -2.51. The summed E-state index contributed by atoms with van der Waals surface area (Å²) < 4.78 is 50.2. The lowest BCUT2D eigenvalue weighted by Gasteiger charge is -2.28. The monoisotopic (exact) mass is 346 g/mol. The van der Waals surface area contributed by atoms with Gasteiger partial charge in [0.15, 0.2) is 9.84 Å². The van der Waals surface area contributed by atoms with Gasteiger partial charge < -0.3 is 5.73 Å². The highest BCUT2D eigenvalue weighted by Crippen LogP contribution is 2.30. The van der Waals surface area contributed by atoms with Crippen molar-refractivity contribution in [3.05, 3.63) is 29.8 Å². The second-order valence-electron chi connectivity index (χ2n) is 6.01. The van der Waals surface area contributed by atoms with E-state index >= 15 is 0 Å². The largest absolute Gasteiger partial charge is 0.329 e. The van der Waals surface area contributed by atoms with Crippen LogP contribution in [0.2, 0.25) is 0 Å². The zero-order valence-electron chi connectivity index (χ0n) is 12.6. The molecule has 1 aliphatic carbocycles. The molecule has 8 heteroatoms. The molecule has 1 aromatic carbocycles. The van der Waals surface area contributed by atoms with Crippen molar-refractivity contribution in [1.29, 1.82) is 0 Å². The van der Waals surface area contributed by atoms with Crippen LogP contribution in [-0.2, 0) is 25.6 Å². The number of nitrogens with two attached hydrogens (primary N) is 1. The molecule has 0 amide bonds. The van der Waals surface area contributed by atoms with Gasteiger partial charge in [0.2, 0.25) is 10.0 Å². The van der Waals surface area contributed by atoms with Crippen molar-refractivity contribution in [2.45, 2.75) is 41.9 Å². The number of benzene rings is 1. The molecule has 22 heavy (non-hydrogen) atoms. The maximum Gasteiger partial charge on any atom is 0.241 e. The second-order valence-corrected chi connectivity index (χ2v) is 9.83. The van der Waals surface area contributed by atoms with E-state index in [1.54, 1.807) is 0 Å². The van der Waals surface area contributed by atoms with Gasteiger partial charge in [-0.2, -0.15) is 0 Å². The van der Waals surface area contributed by atoms with Gasteiger partial charge in [0.1, 0.15) is 0 Å². The Kier molecular flexibility index (Phi) is 4.96. The van der Waals surface area contributed by atoms with Crippen LogP contribution in [0.3, 0.4) is 0 Å².